The van der Waals surface area contributed by atoms with Gasteiger partial charge in [0.1, 0.15) is 0 Å². The topological polar surface area (TPSA) is 57.8 Å². The number of allylic oxidation sites excluding steroid dienone is 2. The average Bonchev–Trinajstić information content (AvgIpc) is 2.17. The molecule has 1 aromatic heterocycles. The Morgan fingerprint density at radius 3 is 2.29 bits per heavy atom. The number of quaternary nitrogens is 1. The highest BCUT2D eigenvalue weighted by Crippen LogP contribution is 2.11. The van der Waals surface area contributed by atoms with Crippen LogP contribution in [0.15, 0.2) is 48.1 Å². The maximum absolute atomic E-state index is 11.1. The number of rotatable bonds is 1. The molecule has 1 aliphatic heterocycles. The molecule has 6 heteroatoms. The van der Waals surface area contributed by atoms with Gasteiger partial charge < -0.3 is 29.9 Å². The van der Waals surface area contributed by atoms with Crippen molar-refractivity contribution < 1.29 is 44.6 Å². The van der Waals surface area contributed by atoms with Crippen molar-refractivity contribution in [2.75, 3.05) is 0 Å². The molecule has 0 aliphatic carbocycles. The molecule has 2 rings (SSSR count). The Morgan fingerprint density at radius 1 is 1.18 bits per heavy atom. The van der Waals surface area contributed by atoms with Crippen LogP contribution in [0.2, 0.25) is 0 Å². The van der Waals surface area contributed by atoms with E-state index in [0.717, 1.165) is 5.57 Å². The number of nitrogens with two attached hydrogens (primary N) is 1. The van der Waals surface area contributed by atoms with E-state index in [1.54, 1.807) is 11.5 Å². The van der Waals surface area contributed by atoms with Gasteiger partial charge in [-0.15, -0.1) is 0 Å². The van der Waals surface area contributed by atoms with Crippen molar-refractivity contribution in [2.24, 2.45) is 0 Å². The number of carbonyl (C=O) groups excluding carboxylic acids is 1. The molecule has 17 heavy (non-hydrogen) atoms. The number of carbonyl (C=O) groups is 1. The lowest BCUT2D eigenvalue weighted by molar-refractivity contribution is -0.605. The van der Waals surface area contributed by atoms with E-state index >= 15 is 0 Å². The van der Waals surface area contributed by atoms with Crippen LogP contribution in [0.25, 0.3) is 5.70 Å². The van der Waals surface area contributed by atoms with Gasteiger partial charge in [-0.2, -0.15) is 4.57 Å². The molecule has 3 N–H and O–H groups in total. The number of hydrogen-bond acceptors (Lipinski definition) is 2. The largest absolute Gasteiger partial charge is 1.00 e. The number of aliphatic hydroxyl groups is 1. The van der Waals surface area contributed by atoms with Crippen LogP contribution in [0.5, 0.6) is 0 Å². The van der Waals surface area contributed by atoms with Crippen LogP contribution >= 0.6 is 0 Å². The molecule has 0 radical (unpaired) electrons. The minimum Gasteiger partial charge on any atom is -1.00 e. The Balaban J connectivity index is 0.00000128. The van der Waals surface area contributed by atoms with Gasteiger partial charge in [0.2, 0.25) is 0 Å². The summed E-state index contributed by atoms with van der Waals surface area (Å²) in [5.41, 5.74) is 1.41. The molecular formula is C11H12Cl2N2O2. The number of aromatic nitrogens is 1. The predicted molar refractivity (Wildman–Crippen MR) is 53.2 cm³/mol. The number of amides is 1. The molecule has 0 saturated carbocycles. The third-order valence-electron chi connectivity index (χ3n) is 2.23. The molecule has 0 fully saturated rings. The van der Waals surface area contributed by atoms with Gasteiger partial charge in [0.05, 0.1) is 6.08 Å². The first-order chi connectivity index (χ1) is 7.18. The first kappa shape index (κ1) is 15.6. The molecule has 0 spiro atoms. The Kier molecular flexibility index (Phi) is 5.88. The lowest BCUT2D eigenvalue weighted by Gasteiger charge is -2.06. The molecule has 1 aliphatic rings. The Bertz CT molecular complexity index is 470. The van der Waals surface area contributed by atoms with Gasteiger partial charge in [-0.25, -0.2) is 10.1 Å². The van der Waals surface area contributed by atoms with Crippen molar-refractivity contribution in [3.8, 4) is 0 Å². The lowest BCUT2D eigenvalue weighted by atomic mass is 10.1. The maximum Gasteiger partial charge on any atom is 0.368 e. The normalized spacial score (nSPS) is 14.6. The van der Waals surface area contributed by atoms with Crippen LogP contribution in [0.4, 0.5) is 0 Å². The first-order valence-electron chi connectivity index (χ1n) is 4.66. The van der Waals surface area contributed by atoms with Crippen molar-refractivity contribution in [1.82, 2.24) is 0 Å². The molecule has 0 bridgehead atoms. The molecule has 0 aromatic carbocycles. The zero-order valence-corrected chi connectivity index (χ0v) is 10.6. The van der Waals surface area contributed by atoms with Gasteiger partial charge in [0, 0.05) is 17.7 Å². The fourth-order valence-electron chi connectivity index (χ4n) is 1.61. The molecule has 0 unspecified atom stereocenters. The van der Waals surface area contributed by atoms with Crippen LogP contribution in [0, 0.1) is 0 Å². The van der Waals surface area contributed by atoms with E-state index in [1.165, 1.54) is 11.4 Å². The monoisotopic (exact) mass is 274 g/mol. The van der Waals surface area contributed by atoms with Gasteiger partial charge in [-0.3, -0.25) is 0 Å². The number of nitrogens with zero attached hydrogens (tertiary/aromatic N) is 1. The second kappa shape index (κ2) is 6.39. The summed E-state index contributed by atoms with van der Waals surface area (Å²) in [6.45, 7) is 1.80. The average molecular weight is 275 g/mol. The van der Waals surface area contributed by atoms with E-state index in [9.17, 15) is 9.90 Å². The zero-order chi connectivity index (χ0) is 10.8. The summed E-state index contributed by atoms with van der Waals surface area (Å²) in [5, 5.41) is 10.9. The summed E-state index contributed by atoms with van der Waals surface area (Å²) in [6.07, 6.45) is 5.16. The summed E-state index contributed by atoms with van der Waals surface area (Å²) >= 11 is 0. The quantitative estimate of drug-likeness (QED) is 0.501. The number of aliphatic hydroxyl groups excluding tert-OH is 1. The van der Waals surface area contributed by atoms with E-state index in [0.29, 0.717) is 5.70 Å². The highest BCUT2D eigenvalue weighted by atomic mass is 35.5. The molecule has 0 atom stereocenters. The molecule has 1 amide bonds. The Labute approximate surface area is 111 Å². The van der Waals surface area contributed by atoms with E-state index in [4.69, 9.17) is 0 Å². The molecule has 2 heterocycles. The molecule has 0 saturated heterocycles. The molecule has 92 valence electrons. The number of pyridine rings is 1. The van der Waals surface area contributed by atoms with Gasteiger partial charge in [-0.05, 0) is 6.92 Å². The van der Waals surface area contributed by atoms with E-state index in [-0.39, 0.29) is 36.6 Å². The summed E-state index contributed by atoms with van der Waals surface area (Å²) < 4.78 is 1.78. The van der Waals surface area contributed by atoms with Crippen molar-refractivity contribution in [3.63, 3.8) is 0 Å². The van der Waals surface area contributed by atoms with Crippen molar-refractivity contribution in [1.29, 1.82) is 0 Å². The Morgan fingerprint density at radius 2 is 1.76 bits per heavy atom. The van der Waals surface area contributed by atoms with Crippen molar-refractivity contribution in [2.45, 2.75) is 6.92 Å². The van der Waals surface area contributed by atoms with Gasteiger partial charge in [0.15, 0.2) is 12.4 Å². The minimum atomic E-state index is -0.176. The fraction of sp³-hybridized carbons (Fsp3) is 0.0909. The van der Waals surface area contributed by atoms with Crippen molar-refractivity contribution in [3.05, 3.63) is 48.1 Å². The van der Waals surface area contributed by atoms with Gasteiger partial charge >= 0.3 is 17.5 Å². The van der Waals surface area contributed by atoms with Crippen LogP contribution in [-0.2, 0) is 4.79 Å². The second-order valence-electron chi connectivity index (χ2n) is 3.39. The van der Waals surface area contributed by atoms with Crippen LogP contribution in [0.3, 0.4) is 0 Å². The fourth-order valence-corrected chi connectivity index (χ4v) is 1.61. The van der Waals surface area contributed by atoms with Crippen molar-refractivity contribution >= 4 is 11.6 Å². The van der Waals surface area contributed by atoms with Crippen LogP contribution < -0.4 is 34.7 Å². The predicted octanol–water partition coefficient (Wildman–Crippen LogP) is -6.28. The smallest absolute Gasteiger partial charge is 0.368 e. The van der Waals surface area contributed by atoms with E-state index in [2.05, 4.69) is 0 Å². The standard InChI is InChI=1S/C11H10N2O2.2ClH/c1-8-7-9(14)12-11(15)10(8)13-5-3-2-4-6-13;;/h2-7H,1H3,(H-,12,14,15);2*1H. The third-order valence-corrected chi connectivity index (χ3v) is 2.23. The highest BCUT2D eigenvalue weighted by molar-refractivity contribution is 5.85. The first-order valence-corrected chi connectivity index (χ1v) is 4.66. The summed E-state index contributed by atoms with van der Waals surface area (Å²) in [5.74, 6) is -0.165. The van der Waals surface area contributed by atoms with Gasteiger partial charge in [-0.1, -0.05) is 6.07 Å². The summed E-state index contributed by atoms with van der Waals surface area (Å²) in [7, 11) is 0. The van der Waals surface area contributed by atoms with E-state index in [1.807, 2.05) is 30.6 Å². The Hall–Kier alpha value is -1.36. The number of hydrogen-bond donors (Lipinski definition) is 2. The number of primary amides is 1. The maximum atomic E-state index is 11.1. The van der Waals surface area contributed by atoms with Gasteiger partial charge in [0.25, 0.3) is 0 Å². The lowest BCUT2D eigenvalue weighted by Crippen LogP contribution is -3.00. The zero-order valence-electron chi connectivity index (χ0n) is 9.10. The summed E-state index contributed by atoms with van der Waals surface area (Å²) in [4.78, 5) is 11.1. The summed E-state index contributed by atoms with van der Waals surface area (Å²) in [6, 6.07) is 5.62. The number of halogens is 2. The molecule has 1 aromatic rings. The molecule has 4 nitrogen and oxygen atoms in total. The minimum absolute atomic E-state index is 0. The third kappa shape index (κ3) is 3.30. The SMILES string of the molecule is CC1=CC(=O)[NH2+]C(O)=C1[n+]1ccccc1.[Cl-].[Cl-]. The second-order valence-corrected chi connectivity index (χ2v) is 3.39. The van der Waals surface area contributed by atoms with Crippen LogP contribution in [0.1, 0.15) is 6.92 Å². The van der Waals surface area contributed by atoms with Crippen LogP contribution in [-0.4, -0.2) is 11.0 Å². The molecular weight excluding hydrogens is 263 g/mol. The highest BCUT2D eigenvalue weighted by Gasteiger charge is 2.29. The van der Waals surface area contributed by atoms with E-state index < -0.39 is 0 Å².